The van der Waals surface area contributed by atoms with Crippen LogP contribution in [0.4, 0.5) is 11.8 Å². The minimum absolute atomic E-state index is 0.276. The van der Waals surface area contributed by atoms with Gasteiger partial charge in [0.25, 0.3) is 0 Å². The summed E-state index contributed by atoms with van der Waals surface area (Å²) in [5, 5.41) is 6.52. The summed E-state index contributed by atoms with van der Waals surface area (Å²) < 4.78 is 0. The molecule has 0 spiro atoms. The number of amides is 1. The number of carbonyl (C=O) groups excluding carboxylic acids is 1. The number of benzene rings is 1. The van der Waals surface area contributed by atoms with Crippen molar-refractivity contribution in [1.29, 1.82) is 0 Å². The molecule has 2 aromatic rings. The van der Waals surface area contributed by atoms with E-state index in [-0.39, 0.29) is 5.91 Å². The summed E-state index contributed by atoms with van der Waals surface area (Å²) in [5.41, 5.74) is 1.21. The molecule has 1 amide bonds. The van der Waals surface area contributed by atoms with Crippen molar-refractivity contribution in [2.24, 2.45) is 0 Å². The van der Waals surface area contributed by atoms with Gasteiger partial charge in [0.15, 0.2) is 0 Å². The summed E-state index contributed by atoms with van der Waals surface area (Å²) in [4.78, 5) is 22.2. The molecule has 1 aromatic heterocycles. The van der Waals surface area contributed by atoms with Crippen LogP contribution in [0, 0.1) is 0 Å². The van der Waals surface area contributed by atoms with E-state index in [1.54, 1.807) is 6.20 Å². The zero-order valence-corrected chi connectivity index (χ0v) is 13.7. The molecule has 1 saturated heterocycles. The number of aromatic nitrogens is 2. The summed E-state index contributed by atoms with van der Waals surface area (Å²) in [6, 6.07) is 12.1. The van der Waals surface area contributed by atoms with Gasteiger partial charge in [-0.25, -0.2) is 4.98 Å². The van der Waals surface area contributed by atoms with Gasteiger partial charge >= 0.3 is 0 Å². The molecule has 0 atom stereocenters. The van der Waals surface area contributed by atoms with Crippen LogP contribution >= 0.6 is 0 Å². The van der Waals surface area contributed by atoms with Crippen molar-refractivity contribution < 1.29 is 4.79 Å². The van der Waals surface area contributed by atoms with Crippen molar-refractivity contribution in [3.8, 4) is 0 Å². The van der Waals surface area contributed by atoms with Crippen LogP contribution in [0.1, 0.15) is 24.8 Å². The standard InChI is InChI=1S/C18H23N5O/c24-17-8-4-12-23(17)13-5-10-19-18-20-11-9-16(22-18)21-14-15-6-2-1-3-7-15/h1-3,6-7,9,11H,4-5,8,10,12-14H2,(H2,19,20,21,22). The van der Waals surface area contributed by atoms with Gasteiger partial charge in [0, 0.05) is 38.8 Å². The number of carbonyl (C=O) groups is 1. The first-order valence-corrected chi connectivity index (χ1v) is 8.44. The van der Waals surface area contributed by atoms with E-state index in [2.05, 4.69) is 32.7 Å². The van der Waals surface area contributed by atoms with E-state index in [0.717, 1.165) is 44.8 Å². The molecule has 126 valence electrons. The summed E-state index contributed by atoms with van der Waals surface area (Å²) in [6.45, 7) is 3.19. The molecule has 24 heavy (non-hydrogen) atoms. The van der Waals surface area contributed by atoms with Crippen LogP contribution in [-0.2, 0) is 11.3 Å². The molecule has 0 unspecified atom stereocenters. The first kappa shape index (κ1) is 16.2. The maximum atomic E-state index is 11.5. The average Bonchev–Trinajstić information content (AvgIpc) is 3.03. The van der Waals surface area contributed by atoms with Crippen LogP contribution in [0.15, 0.2) is 42.6 Å². The first-order chi connectivity index (χ1) is 11.8. The van der Waals surface area contributed by atoms with Gasteiger partial charge in [0.2, 0.25) is 11.9 Å². The summed E-state index contributed by atoms with van der Waals surface area (Å²) in [6.07, 6.45) is 4.33. The number of hydrogen-bond acceptors (Lipinski definition) is 5. The van der Waals surface area contributed by atoms with E-state index in [1.807, 2.05) is 29.2 Å². The highest BCUT2D eigenvalue weighted by molar-refractivity contribution is 5.78. The molecule has 2 N–H and O–H groups in total. The molecule has 6 heteroatoms. The van der Waals surface area contributed by atoms with Gasteiger partial charge in [-0.2, -0.15) is 4.98 Å². The maximum Gasteiger partial charge on any atom is 0.224 e. The Morgan fingerprint density at radius 2 is 2.00 bits per heavy atom. The van der Waals surface area contributed by atoms with E-state index in [1.165, 1.54) is 5.56 Å². The minimum Gasteiger partial charge on any atom is -0.366 e. The lowest BCUT2D eigenvalue weighted by Crippen LogP contribution is -2.27. The molecule has 6 nitrogen and oxygen atoms in total. The van der Waals surface area contributed by atoms with Crippen molar-refractivity contribution in [3.63, 3.8) is 0 Å². The molecule has 1 aliphatic rings. The molecule has 1 aromatic carbocycles. The normalized spacial score (nSPS) is 14.0. The Hall–Kier alpha value is -2.63. The Morgan fingerprint density at radius 3 is 2.79 bits per heavy atom. The van der Waals surface area contributed by atoms with Crippen molar-refractivity contribution in [2.75, 3.05) is 30.3 Å². The predicted octanol–water partition coefficient (Wildman–Crippen LogP) is 2.51. The second-order valence-corrected chi connectivity index (χ2v) is 5.87. The highest BCUT2D eigenvalue weighted by Crippen LogP contribution is 2.11. The lowest BCUT2D eigenvalue weighted by molar-refractivity contribution is -0.127. The second kappa shape index (κ2) is 8.29. The van der Waals surface area contributed by atoms with E-state index >= 15 is 0 Å². The second-order valence-electron chi connectivity index (χ2n) is 5.87. The molecule has 0 radical (unpaired) electrons. The average molecular weight is 325 g/mol. The number of hydrogen-bond donors (Lipinski definition) is 2. The monoisotopic (exact) mass is 325 g/mol. The minimum atomic E-state index is 0.276. The molecule has 1 aliphatic heterocycles. The molecule has 3 rings (SSSR count). The third-order valence-electron chi connectivity index (χ3n) is 4.03. The molecule has 2 heterocycles. The van der Waals surface area contributed by atoms with E-state index in [4.69, 9.17) is 0 Å². The third kappa shape index (κ3) is 4.68. The molecule has 1 fully saturated rings. The van der Waals surface area contributed by atoms with E-state index < -0.39 is 0 Å². The molecular formula is C18H23N5O. The highest BCUT2D eigenvalue weighted by Gasteiger charge is 2.18. The zero-order chi connectivity index (χ0) is 16.6. The lowest BCUT2D eigenvalue weighted by Gasteiger charge is -2.15. The van der Waals surface area contributed by atoms with Crippen molar-refractivity contribution in [1.82, 2.24) is 14.9 Å². The van der Waals surface area contributed by atoms with Gasteiger partial charge in [-0.3, -0.25) is 4.79 Å². The third-order valence-corrected chi connectivity index (χ3v) is 4.03. The van der Waals surface area contributed by atoms with Crippen LogP contribution in [0.3, 0.4) is 0 Å². The topological polar surface area (TPSA) is 70.2 Å². The van der Waals surface area contributed by atoms with Crippen LogP contribution in [0.2, 0.25) is 0 Å². The fraction of sp³-hybridized carbons (Fsp3) is 0.389. The zero-order valence-electron chi connectivity index (χ0n) is 13.7. The number of likely N-dealkylation sites (tertiary alicyclic amines) is 1. The lowest BCUT2D eigenvalue weighted by atomic mass is 10.2. The van der Waals surface area contributed by atoms with Crippen molar-refractivity contribution in [2.45, 2.75) is 25.8 Å². The van der Waals surface area contributed by atoms with Gasteiger partial charge < -0.3 is 15.5 Å². The van der Waals surface area contributed by atoms with E-state index in [0.29, 0.717) is 12.4 Å². The quantitative estimate of drug-likeness (QED) is 0.730. The Bertz CT molecular complexity index is 661. The Kier molecular flexibility index (Phi) is 5.61. The largest absolute Gasteiger partial charge is 0.366 e. The number of nitrogens with zero attached hydrogens (tertiary/aromatic N) is 3. The van der Waals surface area contributed by atoms with Crippen molar-refractivity contribution >= 4 is 17.7 Å². The highest BCUT2D eigenvalue weighted by atomic mass is 16.2. The number of nitrogens with one attached hydrogen (secondary N) is 2. The summed E-state index contributed by atoms with van der Waals surface area (Å²) in [7, 11) is 0. The SMILES string of the molecule is O=C1CCCN1CCCNc1nccc(NCc2ccccc2)n1. The van der Waals surface area contributed by atoms with Crippen LogP contribution < -0.4 is 10.6 Å². The fourth-order valence-corrected chi connectivity index (χ4v) is 2.74. The van der Waals surface area contributed by atoms with Gasteiger partial charge in [0.05, 0.1) is 0 Å². The Morgan fingerprint density at radius 1 is 1.12 bits per heavy atom. The van der Waals surface area contributed by atoms with Crippen LogP contribution in [-0.4, -0.2) is 40.4 Å². The maximum absolute atomic E-state index is 11.5. The fourth-order valence-electron chi connectivity index (χ4n) is 2.74. The Labute approximate surface area is 142 Å². The van der Waals surface area contributed by atoms with Gasteiger partial charge in [-0.15, -0.1) is 0 Å². The molecule has 0 saturated carbocycles. The van der Waals surface area contributed by atoms with Crippen molar-refractivity contribution in [3.05, 3.63) is 48.2 Å². The molecule has 0 bridgehead atoms. The first-order valence-electron chi connectivity index (χ1n) is 8.44. The van der Waals surface area contributed by atoms with E-state index in [9.17, 15) is 4.79 Å². The molecule has 0 aliphatic carbocycles. The Balaban J connectivity index is 1.42. The smallest absolute Gasteiger partial charge is 0.224 e. The van der Waals surface area contributed by atoms with Crippen LogP contribution in [0.5, 0.6) is 0 Å². The summed E-state index contributed by atoms with van der Waals surface area (Å²) in [5.74, 6) is 1.69. The number of anilines is 2. The summed E-state index contributed by atoms with van der Waals surface area (Å²) >= 11 is 0. The van der Waals surface area contributed by atoms with Gasteiger partial charge in [0.1, 0.15) is 5.82 Å². The van der Waals surface area contributed by atoms with Crippen LogP contribution in [0.25, 0.3) is 0 Å². The van der Waals surface area contributed by atoms with Gasteiger partial charge in [-0.1, -0.05) is 30.3 Å². The predicted molar refractivity (Wildman–Crippen MR) is 94.7 cm³/mol. The molecular weight excluding hydrogens is 302 g/mol. The number of rotatable bonds is 8. The van der Waals surface area contributed by atoms with Gasteiger partial charge in [-0.05, 0) is 24.5 Å².